The molecular formula is C18H38N2. The Balaban J connectivity index is 2.66. The summed E-state index contributed by atoms with van der Waals surface area (Å²) in [5.41, 5.74) is 0.518. The molecule has 2 nitrogen and oxygen atoms in total. The predicted molar refractivity (Wildman–Crippen MR) is 90.2 cm³/mol. The van der Waals surface area contributed by atoms with Crippen LogP contribution in [0.2, 0.25) is 0 Å². The van der Waals surface area contributed by atoms with Gasteiger partial charge in [-0.25, -0.2) is 0 Å². The maximum absolute atomic E-state index is 3.72. The normalized spacial score (nSPS) is 27.4. The number of hydrogen-bond donors (Lipinski definition) is 1. The van der Waals surface area contributed by atoms with Gasteiger partial charge in [-0.05, 0) is 57.0 Å². The van der Waals surface area contributed by atoms with E-state index in [1.54, 1.807) is 0 Å². The smallest absolute Gasteiger partial charge is 0.00872 e. The summed E-state index contributed by atoms with van der Waals surface area (Å²) >= 11 is 0. The molecule has 1 N–H and O–H groups in total. The van der Waals surface area contributed by atoms with Gasteiger partial charge in [-0.15, -0.1) is 0 Å². The van der Waals surface area contributed by atoms with Crippen molar-refractivity contribution >= 4 is 0 Å². The molecule has 0 saturated heterocycles. The van der Waals surface area contributed by atoms with Gasteiger partial charge in [0.1, 0.15) is 0 Å². The van der Waals surface area contributed by atoms with Gasteiger partial charge >= 0.3 is 0 Å². The second kappa shape index (κ2) is 9.04. The molecule has 0 radical (unpaired) electrons. The van der Waals surface area contributed by atoms with Crippen LogP contribution < -0.4 is 5.32 Å². The van der Waals surface area contributed by atoms with E-state index in [0.29, 0.717) is 5.41 Å². The summed E-state index contributed by atoms with van der Waals surface area (Å²) in [4.78, 5) is 2.64. The van der Waals surface area contributed by atoms with E-state index in [2.05, 4.69) is 45.0 Å². The molecule has 1 saturated carbocycles. The molecule has 1 fully saturated rings. The molecule has 2 heteroatoms. The van der Waals surface area contributed by atoms with Crippen molar-refractivity contribution in [3.63, 3.8) is 0 Å². The van der Waals surface area contributed by atoms with E-state index in [0.717, 1.165) is 12.0 Å². The monoisotopic (exact) mass is 282 g/mol. The van der Waals surface area contributed by atoms with Crippen LogP contribution in [0.5, 0.6) is 0 Å². The fourth-order valence-corrected chi connectivity index (χ4v) is 4.23. The highest BCUT2D eigenvalue weighted by molar-refractivity contribution is 4.90. The van der Waals surface area contributed by atoms with Crippen molar-refractivity contribution in [1.29, 1.82) is 0 Å². The predicted octanol–water partition coefficient (Wildman–Crippen LogP) is 4.30. The van der Waals surface area contributed by atoms with Gasteiger partial charge in [-0.1, -0.05) is 40.5 Å². The Morgan fingerprint density at radius 2 is 1.95 bits per heavy atom. The molecule has 0 aromatic rings. The standard InChI is InChI=1S/C18H38N2/c1-6-12-19-14-18(11-9-10-16(4)13-18)15-20(5)17(7-2)8-3/h16-17,19H,6-15H2,1-5H3. The summed E-state index contributed by atoms with van der Waals surface area (Å²) in [6.45, 7) is 13.0. The molecule has 0 aromatic heterocycles. The zero-order chi connectivity index (χ0) is 15.0. The Hall–Kier alpha value is -0.0800. The van der Waals surface area contributed by atoms with Crippen LogP contribution >= 0.6 is 0 Å². The van der Waals surface area contributed by atoms with E-state index < -0.39 is 0 Å². The SMILES string of the molecule is CCCNCC1(CN(C)C(CC)CC)CCCC(C)C1. The largest absolute Gasteiger partial charge is 0.316 e. The van der Waals surface area contributed by atoms with Gasteiger partial charge < -0.3 is 10.2 Å². The third-order valence-corrected chi connectivity index (χ3v) is 5.26. The lowest BCUT2D eigenvalue weighted by Gasteiger charge is -2.44. The van der Waals surface area contributed by atoms with Crippen LogP contribution in [-0.2, 0) is 0 Å². The molecule has 1 aliphatic rings. The maximum Gasteiger partial charge on any atom is 0.00872 e. The molecule has 0 amide bonds. The van der Waals surface area contributed by atoms with E-state index in [9.17, 15) is 0 Å². The lowest BCUT2D eigenvalue weighted by molar-refractivity contribution is 0.0704. The van der Waals surface area contributed by atoms with E-state index in [4.69, 9.17) is 0 Å². The minimum absolute atomic E-state index is 0.518. The fourth-order valence-electron chi connectivity index (χ4n) is 4.23. The molecule has 0 heterocycles. The van der Waals surface area contributed by atoms with Gasteiger partial charge in [0.15, 0.2) is 0 Å². The van der Waals surface area contributed by atoms with Crippen molar-refractivity contribution in [1.82, 2.24) is 10.2 Å². The first-order valence-corrected chi connectivity index (χ1v) is 8.97. The second-order valence-electron chi connectivity index (χ2n) is 7.26. The Labute approximate surface area is 127 Å². The molecule has 0 aromatic carbocycles. The molecule has 0 spiro atoms. The fraction of sp³-hybridized carbons (Fsp3) is 1.00. The minimum Gasteiger partial charge on any atom is -0.316 e. The van der Waals surface area contributed by atoms with Crippen molar-refractivity contribution in [2.45, 2.75) is 78.7 Å². The maximum atomic E-state index is 3.72. The average Bonchev–Trinajstić information content (AvgIpc) is 2.40. The number of nitrogens with one attached hydrogen (secondary N) is 1. The molecule has 1 rings (SSSR count). The van der Waals surface area contributed by atoms with Crippen LogP contribution in [0.4, 0.5) is 0 Å². The zero-order valence-corrected chi connectivity index (χ0v) is 14.7. The highest BCUT2D eigenvalue weighted by atomic mass is 15.1. The average molecular weight is 283 g/mol. The summed E-state index contributed by atoms with van der Waals surface area (Å²) < 4.78 is 0. The van der Waals surface area contributed by atoms with Crippen LogP contribution in [0.25, 0.3) is 0 Å². The summed E-state index contributed by atoms with van der Waals surface area (Å²) in [6.07, 6.45) is 9.48. The lowest BCUT2D eigenvalue weighted by atomic mass is 9.69. The molecule has 0 bridgehead atoms. The van der Waals surface area contributed by atoms with E-state index in [1.165, 1.54) is 64.6 Å². The summed E-state index contributed by atoms with van der Waals surface area (Å²) in [5, 5.41) is 3.72. The molecule has 2 unspecified atom stereocenters. The Kier molecular flexibility index (Phi) is 8.13. The third-order valence-electron chi connectivity index (χ3n) is 5.26. The van der Waals surface area contributed by atoms with E-state index in [1.807, 2.05) is 0 Å². The van der Waals surface area contributed by atoms with Gasteiger partial charge in [-0.2, -0.15) is 0 Å². The summed E-state index contributed by atoms with van der Waals surface area (Å²) in [5.74, 6) is 0.905. The van der Waals surface area contributed by atoms with Crippen LogP contribution in [0.15, 0.2) is 0 Å². The zero-order valence-electron chi connectivity index (χ0n) is 14.7. The highest BCUT2D eigenvalue weighted by Gasteiger charge is 2.36. The van der Waals surface area contributed by atoms with Gasteiger partial charge in [0.2, 0.25) is 0 Å². The molecule has 120 valence electrons. The first-order valence-electron chi connectivity index (χ1n) is 8.97. The van der Waals surface area contributed by atoms with Crippen molar-refractivity contribution in [2.75, 3.05) is 26.7 Å². The third kappa shape index (κ3) is 5.37. The molecule has 20 heavy (non-hydrogen) atoms. The molecule has 1 aliphatic carbocycles. The van der Waals surface area contributed by atoms with E-state index >= 15 is 0 Å². The van der Waals surface area contributed by atoms with Crippen molar-refractivity contribution in [3.8, 4) is 0 Å². The Bertz CT molecular complexity index is 250. The quantitative estimate of drug-likeness (QED) is 0.634. The number of hydrogen-bond acceptors (Lipinski definition) is 2. The van der Waals surface area contributed by atoms with Crippen molar-refractivity contribution < 1.29 is 0 Å². The van der Waals surface area contributed by atoms with Gasteiger partial charge in [0, 0.05) is 19.1 Å². The van der Waals surface area contributed by atoms with Crippen molar-refractivity contribution in [3.05, 3.63) is 0 Å². The summed E-state index contributed by atoms with van der Waals surface area (Å²) in [6, 6.07) is 0.760. The van der Waals surface area contributed by atoms with Crippen LogP contribution in [0.1, 0.15) is 72.6 Å². The van der Waals surface area contributed by atoms with E-state index in [-0.39, 0.29) is 0 Å². The Morgan fingerprint density at radius 3 is 2.50 bits per heavy atom. The second-order valence-corrected chi connectivity index (χ2v) is 7.26. The Morgan fingerprint density at radius 1 is 1.25 bits per heavy atom. The van der Waals surface area contributed by atoms with Gasteiger partial charge in [-0.3, -0.25) is 0 Å². The topological polar surface area (TPSA) is 15.3 Å². The van der Waals surface area contributed by atoms with Crippen LogP contribution in [0.3, 0.4) is 0 Å². The van der Waals surface area contributed by atoms with Crippen LogP contribution in [-0.4, -0.2) is 37.6 Å². The minimum atomic E-state index is 0.518. The first-order chi connectivity index (χ1) is 9.56. The van der Waals surface area contributed by atoms with Gasteiger partial charge in [0.05, 0.1) is 0 Å². The van der Waals surface area contributed by atoms with Gasteiger partial charge in [0.25, 0.3) is 0 Å². The number of rotatable bonds is 9. The first kappa shape index (κ1) is 18.0. The number of nitrogens with zero attached hydrogens (tertiary/aromatic N) is 1. The molecular weight excluding hydrogens is 244 g/mol. The van der Waals surface area contributed by atoms with Crippen LogP contribution in [0, 0.1) is 11.3 Å². The molecule has 2 atom stereocenters. The highest BCUT2D eigenvalue weighted by Crippen LogP contribution is 2.40. The summed E-state index contributed by atoms with van der Waals surface area (Å²) in [7, 11) is 2.35. The molecule has 0 aliphatic heterocycles. The van der Waals surface area contributed by atoms with Crippen molar-refractivity contribution in [2.24, 2.45) is 11.3 Å². The lowest BCUT2D eigenvalue weighted by Crippen LogP contribution is -2.48.